The lowest BCUT2D eigenvalue weighted by atomic mass is 10.1. The van der Waals surface area contributed by atoms with Gasteiger partial charge in [0.1, 0.15) is 5.78 Å². The summed E-state index contributed by atoms with van der Waals surface area (Å²) < 4.78 is 0. The molecule has 11 heavy (non-hydrogen) atoms. The van der Waals surface area contributed by atoms with Crippen LogP contribution in [0.25, 0.3) is 0 Å². The van der Waals surface area contributed by atoms with Crippen molar-refractivity contribution in [1.29, 1.82) is 0 Å². The molecule has 0 aromatic rings. The smallest absolute Gasteiger partial charge is 0.131 e. The maximum atomic E-state index is 10.5. The van der Waals surface area contributed by atoms with Gasteiger partial charge < -0.3 is 5.32 Å². The molecule has 0 amide bonds. The Bertz CT molecular complexity index is 110. The van der Waals surface area contributed by atoms with Crippen molar-refractivity contribution in [2.45, 2.75) is 33.6 Å². The van der Waals surface area contributed by atoms with Crippen molar-refractivity contribution in [3.8, 4) is 0 Å². The molecule has 0 radical (unpaired) electrons. The second-order valence-corrected chi connectivity index (χ2v) is 3.38. The number of ketones is 1. The molecule has 0 unspecified atom stereocenters. The van der Waals surface area contributed by atoms with Crippen molar-refractivity contribution in [2.24, 2.45) is 5.92 Å². The molecular weight excluding hydrogens is 138 g/mol. The maximum Gasteiger partial charge on any atom is 0.131 e. The summed E-state index contributed by atoms with van der Waals surface area (Å²) in [5.74, 6) is 1.02. The largest absolute Gasteiger partial charge is 0.316 e. The molecule has 0 fully saturated rings. The molecule has 0 aliphatic heterocycles. The quantitative estimate of drug-likeness (QED) is 0.593. The first-order valence-corrected chi connectivity index (χ1v) is 4.33. The molecule has 0 atom stereocenters. The van der Waals surface area contributed by atoms with Crippen LogP contribution in [0.2, 0.25) is 0 Å². The third-order valence-corrected chi connectivity index (χ3v) is 1.55. The van der Waals surface area contributed by atoms with Gasteiger partial charge in [-0.1, -0.05) is 13.8 Å². The molecule has 66 valence electrons. The van der Waals surface area contributed by atoms with Crippen molar-refractivity contribution >= 4 is 5.78 Å². The molecule has 0 aliphatic rings. The molecule has 2 heteroatoms. The van der Waals surface area contributed by atoms with E-state index >= 15 is 0 Å². The van der Waals surface area contributed by atoms with Gasteiger partial charge in [0.05, 0.1) is 0 Å². The second kappa shape index (κ2) is 6.35. The van der Waals surface area contributed by atoms with Gasteiger partial charge in [-0.25, -0.2) is 0 Å². The normalized spacial score (nSPS) is 10.5. The SMILES string of the molecule is CC(=O)CCNCCC(C)C. The van der Waals surface area contributed by atoms with Gasteiger partial charge >= 0.3 is 0 Å². The van der Waals surface area contributed by atoms with Crippen LogP contribution in [0.3, 0.4) is 0 Å². The van der Waals surface area contributed by atoms with E-state index in [9.17, 15) is 4.79 Å². The predicted octanol–water partition coefficient (Wildman–Crippen LogP) is 1.60. The minimum Gasteiger partial charge on any atom is -0.316 e. The molecule has 0 bridgehead atoms. The minimum absolute atomic E-state index is 0.266. The standard InChI is InChI=1S/C9H19NO/c1-8(2)4-6-10-7-5-9(3)11/h8,10H,4-7H2,1-3H3. The van der Waals surface area contributed by atoms with Gasteiger partial charge in [0.15, 0.2) is 0 Å². The van der Waals surface area contributed by atoms with Gasteiger partial charge in [-0.05, 0) is 25.8 Å². The van der Waals surface area contributed by atoms with Crippen LogP contribution in [0.4, 0.5) is 0 Å². The van der Waals surface area contributed by atoms with Crippen molar-refractivity contribution in [1.82, 2.24) is 5.32 Å². The zero-order valence-corrected chi connectivity index (χ0v) is 7.81. The summed E-state index contributed by atoms with van der Waals surface area (Å²) in [6.07, 6.45) is 1.86. The number of hydrogen-bond donors (Lipinski definition) is 1. The molecule has 0 aromatic heterocycles. The number of Topliss-reactive ketones (excluding diaryl/α,β-unsaturated/α-hetero) is 1. The van der Waals surface area contributed by atoms with Crippen LogP contribution in [-0.2, 0) is 4.79 Å². The van der Waals surface area contributed by atoms with E-state index in [2.05, 4.69) is 19.2 Å². The zero-order chi connectivity index (χ0) is 8.69. The van der Waals surface area contributed by atoms with Crippen LogP contribution in [0.5, 0.6) is 0 Å². The van der Waals surface area contributed by atoms with Gasteiger partial charge in [0.25, 0.3) is 0 Å². The molecule has 0 saturated carbocycles. The van der Waals surface area contributed by atoms with Crippen molar-refractivity contribution < 1.29 is 4.79 Å². The van der Waals surface area contributed by atoms with Crippen LogP contribution >= 0.6 is 0 Å². The first kappa shape index (κ1) is 10.6. The van der Waals surface area contributed by atoms with Crippen LogP contribution in [-0.4, -0.2) is 18.9 Å². The lowest BCUT2D eigenvalue weighted by molar-refractivity contribution is -0.116. The Morgan fingerprint density at radius 2 is 2.00 bits per heavy atom. The van der Waals surface area contributed by atoms with Crippen LogP contribution in [0.15, 0.2) is 0 Å². The number of carbonyl (C=O) groups excluding carboxylic acids is 1. The third-order valence-electron chi connectivity index (χ3n) is 1.55. The predicted molar refractivity (Wildman–Crippen MR) is 47.6 cm³/mol. The summed E-state index contributed by atoms with van der Waals surface area (Å²) in [5, 5.41) is 3.23. The van der Waals surface area contributed by atoms with Crippen molar-refractivity contribution in [3.63, 3.8) is 0 Å². The van der Waals surface area contributed by atoms with E-state index in [1.54, 1.807) is 6.92 Å². The summed E-state index contributed by atoms with van der Waals surface area (Å²) in [4.78, 5) is 10.5. The number of carbonyl (C=O) groups is 1. The summed E-state index contributed by atoms with van der Waals surface area (Å²) in [6.45, 7) is 7.90. The number of hydrogen-bond acceptors (Lipinski definition) is 2. The van der Waals surface area contributed by atoms with Gasteiger partial charge in [-0.2, -0.15) is 0 Å². The fraction of sp³-hybridized carbons (Fsp3) is 0.889. The van der Waals surface area contributed by atoms with E-state index in [0.29, 0.717) is 6.42 Å². The molecule has 0 spiro atoms. The Balaban J connectivity index is 2.97. The zero-order valence-electron chi connectivity index (χ0n) is 7.81. The highest BCUT2D eigenvalue weighted by Gasteiger charge is 1.94. The van der Waals surface area contributed by atoms with Crippen LogP contribution < -0.4 is 5.32 Å². The van der Waals surface area contributed by atoms with Crippen molar-refractivity contribution in [2.75, 3.05) is 13.1 Å². The molecule has 1 N–H and O–H groups in total. The molecule has 0 heterocycles. The summed E-state index contributed by atoms with van der Waals surface area (Å²) in [6, 6.07) is 0. The molecular formula is C9H19NO. The van der Waals surface area contributed by atoms with E-state index in [4.69, 9.17) is 0 Å². The highest BCUT2D eigenvalue weighted by atomic mass is 16.1. The molecule has 0 saturated heterocycles. The van der Waals surface area contributed by atoms with E-state index in [1.165, 1.54) is 6.42 Å². The fourth-order valence-corrected chi connectivity index (χ4v) is 0.780. The summed E-state index contributed by atoms with van der Waals surface area (Å²) in [5.41, 5.74) is 0. The first-order chi connectivity index (χ1) is 5.13. The average molecular weight is 157 g/mol. The van der Waals surface area contributed by atoms with Gasteiger partial charge in [-0.15, -0.1) is 0 Å². The fourth-order valence-electron chi connectivity index (χ4n) is 0.780. The Morgan fingerprint density at radius 3 is 2.45 bits per heavy atom. The van der Waals surface area contributed by atoms with E-state index in [0.717, 1.165) is 19.0 Å². The Labute approximate surface area is 69.4 Å². The van der Waals surface area contributed by atoms with E-state index in [1.807, 2.05) is 0 Å². The monoisotopic (exact) mass is 157 g/mol. The maximum absolute atomic E-state index is 10.5. The highest BCUT2D eigenvalue weighted by molar-refractivity contribution is 5.75. The topological polar surface area (TPSA) is 29.1 Å². The van der Waals surface area contributed by atoms with Crippen LogP contribution in [0.1, 0.15) is 33.6 Å². The van der Waals surface area contributed by atoms with Gasteiger partial charge in [0, 0.05) is 13.0 Å². The molecule has 0 aromatic carbocycles. The average Bonchev–Trinajstić information content (AvgIpc) is 1.85. The van der Waals surface area contributed by atoms with E-state index in [-0.39, 0.29) is 5.78 Å². The second-order valence-electron chi connectivity index (χ2n) is 3.38. The summed E-state index contributed by atoms with van der Waals surface area (Å²) in [7, 11) is 0. The lowest BCUT2D eigenvalue weighted by Gasteiger charge is -2.04. The molecule has 2 nitrogen and oxygen atoms in total. The van der Waals surface area contributed by atoms with Crippen molar-refractivity contribution in [3.05, 3.63) is 0 Å². The molecule has 0 aliphatic carbocycles. The minimum atomic E-state index is 0.266. The number of nitrogens with one attached hydrogen (secondary N) is 1. The first-order valence-electron chi connectivity index (χ1n) is 4.33. The van der Waals surface area contributed by atoms with Gasteiger partial charge in [-0.3, -0.25) is 4.79 Å². The Morgan fingerprint density at radius 1 is 1.36 bits per heavy atom. The molecule has 0 rings (SSSR count). The Hall–Kier alpha value is -0.370. The van der Waals surface area contributed by atoms with Gasteiger partial charge in [0.2, 0.25) is 0 Å². The van der Waals surface area contributed by atoms with E-state index < -0.39 is 0 Å². The highest BCUT2D eigenvalue weighted by Crippen LogP contribution is 1.95. The lowest BCUT2D eigenvalue weighted by Crippen LogP contribution is -2.19. The Kier molecular flexibility index (Phi) is 6.13. The number of rotatable bonds is 6. The third kappa shape index (κ3) is 9.63. The van der Waals surface area contributed by atoms with Crippen LogP contribution in [0, 0.1) is 5.92 Å². The summed E-state index contributed by atoms with van der Waals surface area (Å²) >= 11 is 0.